The number of phenols is 1. The van der Waals surface area contributed by atoms with Crippen LogP contribution in [-0.2, 0) is 0 Å². The standard InChI is InChI=1S/C16H20N4O/c1-11-15(20-7-5-13(17)6-8-20)10-18-16(19-11)12-3-2-4-14(21)9-12/h2-4,9-10,13,21H,5-8,17H2,1H3. The molecule has 0 saturated carbocycles. The molecule has 0 aliphatic carbocycles. The van der Waals surface area contributed by atoms with Gasteiger partial charge in [0.15, 0.2) is 5.82 Å². The van der Waals surface area contributed by atoms with Crippen LogP contribution in [-0.4, -0.2) is 34.2 Å². The maximum absolute atomic E-state index is 9.55. The molecule has 110 valence electrons. The lowest BCUT2D eigenvalue weighted by molar-refractivity contribution is 0.475. The Bertz CT molecular complexity index is 636. The molecule has 3 N–H and O–H groups in total. The lowest BCUT2D eigenvalue weighted by Gasteiger charge is -2.32. The van der Waals surface area contributed by atoms with E-state index in [1.807, 2.05) is 19.2 Å². The van der Waals surface area contributed by atoms with E-state index in [0.717, 1.165) is 42.9 Å². The Morgan fingerprint density at radius 2 is 2.05 bits per heavy atom. The molecular weight excluding hydrogens is 264 g/mol. The lowest BCUT2D eigenvalue weighted by Crippen LogP contribution is -2.40. The van der Waals surface area contributed by atoms with Gasteiger partial charge >= 0.3 is 0 Å². The molecule has 1 aromatic heterocycles. The zero-order valence-corrected chi connectivity index (χ0v) is 12.2. The Hall–Kier alpha value is -2.14. The molecule has 2 aromatic rings. The van der Waals surface area contributed by atoms with Crippen LogP contribution in [0.5, 0.6) is 5.75 Å². The molecule has 0 atom stereocenters. The van der Waals surface area contributed by atoms with Gasteiger partial charge in [-0.2, -0.15) is 0 Å². The van der Waals surface area contributed by atoms with Gasteiger partial charge in [0.25, 0.3) is 0 Å². The van der Waals surface area contributed by atoms with Gasteiger partial charge in [-0.05, 0) is 31.9 Å². The zero-order chi connectivity index (χ0) is 14.8. The van der Waals surface area contributed by atoms with E-state index in [9.17, 15) is 5.11 Å². The summed E-state index contributed by atoms with van der Waals surface area (Å²) in [7, 11) is 0. The molecule has 21 heavy (non-hydrogen) atoms. The average Bonchev–Trinajstić information content (AvgIpc) is 2.48. The second-order valence-corrected chi connectivity index (χ2v) is 5.54. The smallest absolute Gasteiger partial charge is 0.159 e. The molecule has 1 aliphatic rings. The highest BCUT2D eigenvalue weighted by atomic mass is 16.3. The number of nitrogens with zero attached hydrogens (tertiary/aromatic N) is 3. The Morgan fingerprint density at radius 3 is 2.71 bits per heavy atom. The Kier molecular flexibility index (Phi) is 3.75. The first-order chi connectivity index (χ1) is 10.1. The first-order valence-electron chi connectivity index (χ1n) is 7.27. The summed E-state index contributed by atoms with van der Waals surface area (Å²) >= 11 is 0. The first kappa shape index (κ1) is 13.8. The molecule has 1 saturated heterocycles. The van der Waals surface area contributed by atoms with E-state index in [2.05, 4.69) is 14.9 Å². The topological polar surface area (TPSA) is 75.3 Å². The minimum absolute atomic E-state index is 0.225. The van der Waals surface area contributed by atoms with Crippen LogP contribution in [0, 0.1) is 6.92 Å². The van der Waals surface area contributed by atoms with E-state index < -0.39 is 0 Å². The highest BCUT2D eigenvalue weighted by molar-refractivity contribution is 5.60. The fourth-order valence-electron chi connectivity index (χ4n) is 2.70. The fourth-order valence-corrected chi connectivity index (χ4v) is 2.70. The maximum Gasteiger partial charge on any atom is 0.159 e. The molecular formula is C16H20N4O. The van der Waals surface area contributed by atoms with E-state index >= 15 is 0 Å². The monoisotopic (exact) mass is 284 g/mol. The van der Waals surface area contributed by atoms with E-state index in [0.29, 0.717) is 11.9 Å². The predicted molar refractivity (Wildman–Crippen MR) is 83.3 cm³/mol. The summed E-state index contributed by atoms with van der Waals surface area (Å²) in [6.07, 6.45) is 3.89. The molecule has 1 fully saturated rings. The molecule has 0 amide bonds. The maximum atomic E-state index is 9.55. The van der Waals surface area contributed by atoms with Crippen molar-refractivity contribution in [3.8, 4) is 17.1 Å². The number of aromatic nitrogens is 2. The van der Waals surface area contributed by atoms with E-state index in [1.54, 1.807) is 18.2 Å². The van der Waals surface area contributed by atoms with E-state index in [-0.39, 0.29) is 5.75 Å². The number of piperidine rings is 1. The van der Waals surface area contributed by atoms with Crippen molar-refractivity contribution in [1.82, 2.24) is 9.97 Å². The Balaban J connectivity index is 1.86. The van der Waals surface area contributed by atoms with Crippen LogP contribution in [0.1, 0.15) is 18.5 Å². The number of aryl methyl sites for hydroxylation is 1. The van der Waals surface area contributed by atoms with Crippen LogP contribution in [0.2, 0.25) is 0 Å². The van der Waals surface area contributed by atoms with E-state index in [4.69, 9.17) is 5.73 Å². The summed E-state index contributed by atoms with van der Waals surface area (Å²) in [6, 6.07) is 7.32. The van der Waals surface area contributed by atoms with Gasteiger partial charge in [0, 0.05) is 24.7 Å². The largest absolute Gasteiger partial charge is 0.508 e. The SMILES string of the molecule is Cc1nc(-c2cccc(O)c2)ncc1N1CCC(N)CC1. The third-order valence-electron chi connectivity index (χ3n) is 3.94. The van der Waals surface area contributed by atoms with Crippen molar-refractivity contribution in [2.75, 3.05) is 18.0 Å². The number of anilines is 1. The number of nitrogens with two attached hydrogens (primary N) is 1. The molecule has 0 radical (unpaired) electrons. The third kappa shape index (κ3) is 2.97. The van der Waals surface area contributed by atoms with Crippen LogP contribution in [0.15, 0.2) is 30.5 Å². The molecule has 1 aromatic carbocycles. The number of rotatable bonds is 2. The number of hydrogen-bond donors (Lipinski definition) is 2. The Morgan fingerprint density at radius 1 is 1.29 bits per heavy atom. The van der Waals surface area contributed by atoms with Gasteiger partial charge in [0.05, 0.1) is 17.6 Å². The van der Waals surface area contributed by atoms with Crippen LogP contribution < -0.4 is 10.6 Å². The van der Waals surface area contributed by atoms with Gasteiger partial charge in [0.1, 0.15) is 5.75 Å². The van der Waals surface area contributed by atoms with Crippen LogP contribution in [0.4, 0.5) is 5.69 Å². The number of phenolic OH excluding ortho intramolecular Hbond substituents is 1. The van der Waals surface area contributed by atoms with Crippen LogP contribution in [0.3, 0.4) is 0 Å². The highest BCUT2D eigenvalue weighted by Gasteiger charge is 2.19. The van der Waals surface area contributed by atoms with Crippen molar-refractivity contribution in [2.45, 2.75) is 25.8 Å². The molecule has 1 aliphatic heterocycles. The molecule has 0 unspecified atom stereocenters. The minimum atomic E-state index is 0.225. The number of benzene rings is 1. The van der Waals surface area contributed by atoms with Crippen molar-refractivity contribution in [1.29, 1.82) is 0 Å². The van der Waals surface area contributed by atoms with Gasteiger partial charge in [-0.3, -0.25) is 0 Å². The van der Waals surface area contributed by atoms with Crippen molar-refractivity contribution < 1.29 is 5.11 Å². The van der Waals surface area contributed by atoms with Gasteiger partial charge in [-0.25, -0.2) is 9.97 Å². The Labute approximate surface area is 124 Å². The summed E-state index contributed by atoms with van der Waals surface area (Å²) in [6.45, 7) is 3.91. The number of aromatic hydroxyl groups is 1. The molecule has 5 nitrogen and oxygen atoms in total. The molecule has 3 rings (SSSR count). The van der Waals surface area contributed by atoms with Gasteiger partial charge < -0.3 is 15.7 Å². The summed E-state index contributed by atoms with van der Waals surface area (Å²) in [4.78, 5) is 11.3. The highest BCUT2D eigenvalue weighted by Crippen LogP contribution is 2.25. The van der Waals surface area contributed by atoms with E-state index in [1.165, 1.54) is 0 Å². The average molecular weight is 284 g/mol. The van der Waals surface area contributed by atoms with Crippen LogP contribution in [0.25, 0.3) is 11.4 Å². The normalized spacial score (nSPS) is 16.2. The van der Waals surface area contributed by atoms with Crippen molar-refractivity contribution in [2.24, 2.45) is 5.73 Å². The lowest BCUT2D eigenvalue weighted by atomic mass is 10.1. The van der Waals surface area contributed by atoms with Crippen LogP contribution >= 0.6 is 0 Å². The van der Waals surface area contributed by atoms with Crippen molar-refractivity contribution in [3.63, 3.8) is 0 Å². The summed E-state index contributed by atoms with van der Waals surface area (Å²) in [5, 5.41) is 9.55. The molecule has 0 spiro atoms. The summed E-state index contributed by atoms with van der Waals surface area (Å²) < 4.78 is 0. The molecule has 5 heteroatoms. The molecule has 0 bridgehead atoms. The predicted octanol–water partition coefficient (Wildman–Crippen LogP) is 2.09. The quantitative estimate of drug-likeness (QED) is 0.883. The van der Waals surface area contributed by atoms with Gasteiger partial charge in [0.2, 0.25) is 0 Å². The van der Waals surface area contributed by atoms with Crippen molar-refractivity contribution >= 4 is 5.69 Å². The second kappa shape index (κ2) is 5.69. The third-order valence-corrected chi connectivity index (χ3v) is 3.94. The number of hydrogen-bond acceptors (Lipinski definition) is 5. The fraction of sp³-hybridized carbons (Fsp3) is 0.375. The summed E-state index contributed by atoms with van der Waals surface area (Å²) in [5.74, 6) is 0.865. The van der Waals surface area contributed by atoms with Crippen molar-refractivity contribution in [3.05, 3.63) is 36.2 Å². The second-order valence-electron chi connectivity index (χ2n) is 5.54. The molecule has 2 heterocycles. The summed E-state index contributed by atoms with van der Waals surface area (Å²) in [5.41, 5.74) is 8.80. The first-order valence-corrected chi connectivity index (χ1v) is 7.27. The zero-order valence-electron chi connectivity index (χ0n) is 12.2. The minimum Gasteiger partial charge on any atom is -0.508 e. The van der Waals surface area contributed by atoms with Gasteiger partial charge in [-0.1, -0.05) is 12.1 Å². The van der Waals surface area contributed by atoms with Gasteiger partial charge in [-0.15, -0.1) is 0 Å².